The number of alkyl halides is 3. The van der Waals surface area contributed by atoms with E-state index in [1.165, 1.54) is 38.2 Å². The SMILES string of the molecule is Cc1nn(C)c(Cl)c1S(=O)(=O)N(OC(=O)C(F)(F)F)[C@@H](Cc1ccc(C2CC(=O)NS2(O)O)cc1)c1nc2ccccc2[nH]1. The first-order valence-electron chi connectivity index (χ1n) is 12.6. The fourth-order valence-electron chi connectivity index (χ4n) is 4.77. The molecule has 4 N–H and O–H groups in total. The first-order valence-corrected chi connectivity index (χ1v) is 16.1. The van der Waals surface area contributed by atoms with E-state index >= 15 is 0 Å². The number of hydrogen-bond donors (Lipinski definition) is 4. The van der Waals surface area contributed by atoms with Crippen LogP contribution in [0.15, 0.2) is 53.4 Å². The van der Waals surface area contributed by atoms with Crippen LogP contribution < -0.4 is 4.72 Å². The summed E-state index contributed by atoms with van der Waals surface area (Å²) in [4.78, 5) is 35.1. The Bertz CT molecular complexity index is 1830. The highest BCUT2D eigenvalue weighted by Crippen LogP contribution is 2.56. The average Bonchev–Trinajstić information content (AvgIpc) is 3.57. The summed E-state index contributed by atoms with van der Waals surface area (Å²) in [6, 6.07) is 10.6. The van der Waals surface area contributed by atoms with E-state index in [1.54, 1.807) is 24.3 Å². The van der Waals surface area contributed by atoms with Gasteiger partial charge in [-0.3, -0.25) is 23.3 Å². The zero-order chi connectivity index (χ0) is 32.2. The summed E-state index contributed by atoms with van der Waals surface area (Å²) in [6.45, 7) is 1.27. The van der Waals surface area contributed by atoms with E-state index in [0.717, 1.165) is 4.68 Å². The molecular weight excluding hydrogens is 653 g/mol. The summed E-state index contributed by atoms with van der Waals surface area (Å²) in [5, 5.41) is 2.54. The van der Waals surface area contributed by atoms with E-state index in [2.05, 4.69) is 24.6 Å². The number of fused-ring (bicyclic) bond motifs is 1. The van der Waals surface area contributed by atoms with Gasteiger partial charge < -0.3 is 9.82 Å². The van der Waals surface area contributed by atoms with E-state index in [9.17, 15) is 40.3 Å². The third-order valence-corrected chi connectivity index (χ3v) is 10.9. The minimum absolute atomic E-state index is 0.0828. The Kier molecular flexibility index (Phi) is 8.19. The number of hydrogen-bond acceptors (Lipinski definition) is 9. The molecule has 13 nitrogen and oxygen atoms in total. The van der Waals surface area contributed by atoms with Crippen molar-refractivity contribution < 1.29 is 45.1 Å². The van der Waals surface area contributed by atoms with Crippen molar-refractivity contribution in [1.82, 2.24) is 28.9 Å². The minimum atomic E-state index is -5.57. The van der Waals surface area contributed by atoms with Crippen LogP contribution in [0.25, 0.3) is 11.0 Å². The van der Waals surface area contributed by atoms with Gasteiger partial charge in [0, 0.05) is 7.05 Å². The van der Waals surface area contributed by atoms with Crippen LogP contribution in [0.4, 0.5) is 13.2 Å². The number of aromatic nitrogens is 4. The Morgan fingerprint density at radius 1 is 1.23 bits per heavy atom. The standard InChI is InChI=1S/C25H24ClF3N6O7S2/c1-13-21(22(26)34(2)32-13)44(40,41)35(42-24(37)25(27,28)29)18(23-30-16-5-3-4-6-17(16)31-23)11-14-7-9-15(10-8-14)19-12-20(36)33-43(19,38)39/h3-10,18-19,38-39H,11-12H2,1-2H3,(H,30,31)(H,33,36)/t18-,19?/m0/s1. The second kappa shape index (κ2) is 11.4. The van der Waals surface area contributed by atoms with E-state index < -0.39 is 60.2 Å². The number of aryl methyl sites for hydroxylation is 2. The number of nitrogens with zero attached hydrogens (tertiary/aromatic N) is 4. The second-order valence-electron chi connectivity index (χ2n) is 9.88. The number of nitrogens with one attached hydrogen (secondary N) is 2. The van der Waals surface area contributed by atoms with Crippen LogP contribution in [0.1, 0.15) is 40.4 Å². The van der Waals surface area contributed by atoms with Gasteiger partial charge in [-0.25, -0.2) is 18.2 Å². The number of benzene rings is 2. The van der Waals surface area contributed by atoms with Gasteiger partial charge in [0.2, 0.25) is 5.91 Å². The van der Waals surface area contributed by atoms with Gasteiger partial charge in [-0.15, -0.1) is 10.8 Å². The number of hydroxylamine groups is 1. The van der Waals surface area contributed by atoms with Crippen LogP contribution in [0.5, 0.6) is 0 Å². The van der Waals surface area contributed by atoms with Crippen molar-refractivity contribution in [3.05, 3.63) is 76.3 Å². The fraction of sp³-hybridized carbons (Fsp3) is 0.280. The molecule has 2 aromatic heterocycles. The molecular formula is C25H24ClF3N6O7S2. The number of amides is 1. The number of carbonyl (C=O) groups is 2. The van der Waals surface area contributed by atoms with Gasteiger partial charge in [-0.1, -0.05) is 48.0 Å². The van der Waals surface area contributed by atoms with E-state index in [1.807, 2.05) is 0 Å². The first kappa shape index (κ1) is 31.7. The highest BCUT2D eigenvalue weighted by atomic mass is 35.5. The molecule has 0 spiro atoms. The molecule has 236 valence electrons. The van der Waals surface area contributed by atoms with Crippen molar-refractivity contribution in [3.63, 3.8) is 0 Å². The van der Waals surface area contributed by atoms with Crippen LogP contribution in [-0.2, 0) is 37.9 Å². The van der Waals surface area contributed by atoms with E-state index in [-0.39, 0.29) is 28.8 Å². The lowest BCUT2D eigenvalue weighted by molar-refractivity contribution is -0.227. The van der Waals surface area contributed by atoms with Gasteiger partial charge >= 0.3 is 12.1 Å². The lowest BCUT2D eigenvalue weighted by atomic mass is 10.0. The number of halogens is 4. The maximum absolute atomic E-state index is 14.0. The smallest absolute Gasteiger partial charge is 0.344 e. The number of imidazole rings is 1. The predicted molar refractivity (Wildman–Crippen MR) is 151 cm³/mol. The monoisotopic (exact) mass is 676 g/mol. The molecule has 44 heavy (non-hydrogen) atoms. The quantitative estimate of drug-likeness (QED) is 0.196. The van der Waals surface area contributed by atoms with Crippen LogP contribution in [0.3, 0.4) is 0 Å². The molecule has 0 radical (unpaired) electrons. The zero-order valence-corrected chi connectivity index (χ0v) is 25.1. The molecule has 1 unspecified atom stereocenters. The maximum atomic E-state index is 14.0. The molecule has 1 fully saturated rings. The Balaban J connectivity index is 1.63. The highest BCUT2D eigenvalue weighted by molar-refractivity contribution is 8.23. The third kappa shape index (κ3) is 6.00. The number of aromatic amines is 1. The first-order chi connectivity index (χ1) is 20.5. The maximum Gasteiger partial charge on any atom is 0.492 e. The molecule has 4 aromatic rings. The normalized spacial score (nSPS) is 18.4. The van der Waals surface area contributed by atoms with Crippen LogP contribution >= 0.6 is 22.4 Å². The molecule has 2 aromatic carbocycles. The summed E-state index contributed by atoms with van der Waals surface area (Å²) >= 11 is 6.20. The Hall–Kier alpha value is -3.68. The number of H-pyrrole nitrogens is 1. The van der Waals surface area contributed by atoms with Crippen LogP contribution in [0.2, 0.25) is 5.15 Å². The largest absolute Gasteiger partial charge is 0.492 e. The molecule has 2 atom stereocenters. The molecule has 1 amide bonds. The Morgan fingerprint density at radius 2 is 1.89 bits per heavy atom. The molecule has 1 aliphatic heterocycles. The molecule has 0 bridgehead atoms. The summed E-state index contributed by atoms with van der Waals surface area (Å²) in [7, 11) is -7.28. The van der Waals surface area contributed by atoms with Gasteiger partial charge in [0.15, 0.2) is 0 Å². The van der Waals surface area contributed by atoms with Crippen molar-refractivity contribution in [3.8, 4) is 0 Å². The highest BCUT2D eigenvalue weighted by Gasteiger charge is 2.48. The fourth-order valence-corrected chi connectivity index (χ4v) is 8.34. The molecule has 0 saturated carbocycles. The third-order valence-electron chi connectivity index (χ3n) is 6.79. The topological polar surface area (TPSA) is 180 Å². The van der Waals surface area contributed by atoms with Crippen LogP contribution in [0, 0.1) is 6.92 Å². The molecule has 1 aliphatic rings. The van der Waals surface area contributed by atoms with Crippen molar-refractivity contribution in [2.24, 2.45) is 7.05 Å². The lowest BCUT2D eigenvalue weighted by Gasteiger charge is -2.33. The van der Waals surface area contributed by atoms with Crippen molar-refractivity contribution in [1.29, 1.82) is 0 Å². The Labute approximate surface area is 254 Å². The average molecular weight is 677 g/mol. The van der Waals surface area contributed by atoms with Crippen molar-refractivity contribution in [2.45, 2.75) is 42.1 Å². The number of sulfonamides is 1. The predicted octanol–water partition coefficient (Wildman–Crippen LogP) is 4.48. The number of para-hydroxylation sites is 2. The summed E-state index contributed by atoms with van der Waals surface area (Å²) in [5.41, 5.74) is 1.29. The van der Waals surface area contributed by atoms with E-state index in [4.69, 9.17) is 11.6 Å². The van der Waals surface area contributed by atoms with E-state index in [0.29, 0.717) is 22.2 Å². The lowest BCUT2D eigenvalue weighted by Crippen LogP contribution is -2.42. The zero-order valence-electron chi connectivity index (χ0n) is 22.7. The number of carbonyl (C=O) groups excluding carboxylic acids is 2. The second-order valence-corrected chi connectivity index (χ2v) is 13.9. The van der Waals surface area contributed by atoms with Gasteiger partial charge in [0.05, 0.1) is 23.1 Å². The molecule has 3 heterocycles. The number of rotatable bonds is 8. The van der Waals surface area contributed by atoms with Gasteiger partial charge in [-0.05, 0) is 41.1 Å². The molecule has 5 rings (SSSR count). The summed E-state index contributed by atoms with van der Waals surface area (Å²) < 4.78 is 92.0. The summed E-state index contributed by atoms with van der Waals surface area (Å²) in [6.07, 6.45) is -6.15. The molecule has 0 aliphatic carbocycles. The molecule has 1 saturated heterocycles. The van der Waals surface area contributed by atoms with Gasteiger partial charge in [-0.2, -0.15) is 18.3 Å². The van der Waals surface area contributed by atoms with Crippen molar-refractivity contribution >= 4 is 55.3 Å². The van der Waals surface area contributed by atoms with Gasteiger partial charge in [0.25, 0.3) is 10.0 Å². The summed E-state index contributed by atoms with van der Waals surface area (Å²) in [5.74, 6) is -3.52. The van der Waals surface area contributed by atoms with Crippen LogP contribution in [-0.4, -0.2) is 59.8 Å². The Morgan fingerprint density at radius 3 is 2.43 bits per heavy atom. The van der Waals surface area contributed by atoms with Gasteiger partial charge in [0.1, 0.15) is 27.2 Å². The van der Waals surface area contributed by atoms with Crippen molar-refractivity contribution in [2.75, 3.05) is 0 Å². The minimum Gasteiger partial charge on any atom is -0.344 e. The molecule has 19 heteroatoms.